The van der Waals surface area contributed by atoms with Gasteiger partial charge in [0, 0.05) is 13.0 Å². The van der Waals surface area contributed by atoms with Crippen LogP contribution in [0.15, 0.2) is 0 Å². The van der Waals surface area contributed by atoms with Gasteiger partial charge >= 0.3 is 6.18 Å². The molecule has 72 valence electrons. The van der Waals surface area contributed by atoms with E-state index in [1.807, 2.05) is 0 Å². The number of nitrogens with one attached hydrogen (secondary N) is 1. The molecular formula is C6H10F3NOS. The Hall–Kier alpha value is 0.0600. The van der Waals surface area contributed by atoms with Gasteiger partial charge in [-0.15, -0.1) is 0 Å². The van der Waals surface area contributed by atoms with Gasteiger partial charge in [-0.05, 0) is 12.7 Å². The molecule has 1 aliphatic rings. The van der Waals surface area contributed by atoms with Crippen LogP contribution >= 0.6 is 11.9 Å². The second-order valence-corrected chi connectivity index (χ2v) is 3.20. The lowest BCUT2D eigenvalue weighted by atomic mass is 10.1. The molecule has 0 saturated carbocycles. The lowest BCUT2D eigenvalue weighted by molar-refractivity contribution is -0.266. The summed E-state index contributed by atoms with van der Waals surface area (Å²) in [5, 5.41) is 0. The number of ether oxygens (including phenoxy) is 1. The highest BCUT2D eigenvalue weighted by molar-refractivity contribution is 7.96. The Kier molecular flexibility index (Phi) is 2.90. The second kappa shape index (κ2) is 3.43. The van der Waals surface area contributed by atoms with Crippen LogP contribution in [0.3, 0.4) is 0 Å². The Bertz CT molecular complexity index is 155. The molecule has 0 aromatic carbocycles. The normalized spacial score (nSPS) is 31.0. The van der Waals surface area contributed by atoms with E-state index >= 15 is 0 Å². The van der Waals surface area contributed by atoms with Crippen LogP contribution < -0.4 is 4.72 Å². The fourth-order valence-electron chi connectivity index (χ4n) is 1.17. The Labute approximate surface area is 73.0 Å². The van der Waals surface area contributed by atoms with Gasteiger partial charge in [0.15, 0.2) is 0 Å². The molecule has 0 aromatic rings. The molecule has 1 atom stereocenters. The maximum Gasteiger partial charge on any atom is 0.431 e. The molecule has 0 radical (unpaired) electrons. The number of hydrogen-bond acceptors (Lipinski definition) is 3. The van der Waals surface area contributed by atoms with Gasteiger partial charge in [-0.3, -0.25) is 0 Å². The molecule has 12 heavy (non-hydrogen) atoms. The van der Waals surface area contributed by atoms with Crippen molar-refractivity contribution >= 4 is 11.9 Å². The highest BCUT2D eigenvalue weighted by Gasteiger charge is 2.57. The summed E-state index contributed by atoms with van der Waals surface area (Å²) in [6, 6.07) is 0. The highest BCUT2D eigenvalue weighted by atomic mass is 32.2. The minimum absolute atomic E-state index is 0.00264. The highest BCUT2D eigenvalue weighted by Crippen LogP contribution is 2.39. The van der Waals surface area contributed by atoms with E-state index in [0.717, 1.165) is 11.9 Å². The van der Waals surface area contributed by atoms with Crippen molar-refractivity contribution < 1.29 is 17.9 Å². The monoisotopic (exact) mass is 201 g/mol. The molecule has 1 N–H and O–H groups in total. The van der Waals surface area contributed by atoms with Crippen LogP contribution in [-0.2, 0) is 4.74 Å². The molecule has 0 aliphatic carbocycles. The summed E-state index contributed by atoms with van der Waals surface area (Å²) in [5.74, 6) is 0. The fraction of sp³-hybridized carbons (Fsp3) is 1.00. The number of hydrogen-bond donors (Lipinski definition) is 1. The molecule has 1 fully saturated rings. The van der Waals surface area contributed by atoms with Crippen molar-refractivity contribution in [1.82, 2.24) is 4.72 Å². The van der Waals surface area contributed by atoms with Crippen molar-refractivity contribution in [3.8, 4) is 0 Å². The van der Waals surface area contributed by atoms with E-state index in [1.54, 1.807) is 6.26 Å². The average molecular weight is 201 g/mol. The van der Waals surface area contributed by atoms with Crippen LogP contribution in [0.2, 0.25) is 0 Å². The summed E-state index contributed by atoms with van der Waals surface area (Å²) in [4.78, 5) is 0. The molecule has 1 rings (SSSR count). The molecule has 1 saturated heterocycles. The molecule has 2 nitrogen and oxygen atoms in total. The van der Waals surface area contributed by atoms with Gasteiger partial charge in [0.25, 0.3) is 0 Å². The van der Waals surface area contributed by atoms with Crippen LogP contribution in [0.4, 0.5) is 13.2 Å². The molecule has 0 spiro atoms. The molecule has 1 heterocycles. The van der Waals surface area contributed by atoms with E-state index in [4.69, 9.17) is 0 Å². The number of halogens is 3. The summed E-state index contributed by atoms with van der Waals surface area (Å²) in [6.07, 6.45) is -2.33. The maximum atomic E-state index is 12.4. The van der Waals surface area contributed by atoms with E-state index in [9.17, 15) is 13.2 Å². The van der Waals surface area contributed by atoms with E-state index in [0.29, 0.717) is 6.42 Å². The van der Waals surface area contributed by atoms with E-state index < -0.39 is 11.9 Å². The van der Waals surface area contributed by atoms with Crippen molar-refractivity contribution in [1.29, 1.82) is 0 Å². The van der Waals surface area contributed by atoms with Gasteiger partial charge in [0.2, 0.25) is 5.72 Å². The largest absolute Gasteiger partial charge is 0.431 e. The third-order valence-electron chi connectivity index (χ3n) is 1.75. The molecule has 1 unspecified atom stereocenters. The van der Waals surface area contributed by atoms with E-state index in [1.165, 1.54) is 0 Å². The van der Waals surface area contributed by atoms with E-state index in [-0.39, 0.29) is 13.0 Å². The lowest BCUT2D eigenvalue weighted by Crippen LogP contribution is -2.53. The zero-order chi connectivity index (χ0) is 9.24. The molecule has 0 amide bonds. The van der Waals surface area contributed by atoms with Gasteiger partial charge in [0.1, 0.15) is 0 Å². The quantitative estimate of drug-likeness (QED) is 0.690. The molecule has 1 aliphatic heterocycles. The van der Waals surface area contributed by atoms with Crippen molar-refractivity contribution in [3.63, 3.8) is 0 Å². The number of rotatable bonds is 2. The van der Waals surface area contributed by atoms with Crippen LogP contribution in [0, 0.1) is 0 Å². The summed E-state index contributed by atoms with van der Waals surface area (Å²) in [6.45, 7) is 0.174. The predicted octanol–water partition coefficient (Wildman–Crippen LogP) is 1.92. The van der Waals surface area contributed by atoms with E-state index in [2.05, 4.69) is 9.46 Å². The third kappa shape index (κ3) is 1.70. The fourth-order valence-corrected chi connectivity index (χ4v) is 1.77. The predicted molar refractivity (Wildman–Crippen MR) is 40.6 cm³/mol. The first-order valence-corrected chi connectivity index (χ1v) is 4.75. The van der Waals surface area contributed by atoms with Gasteiger partial charge in [0.05, 0.1) is 0 Å². The van der Waals surface area contributed by atoms with Crippen LogP contribution in [0.1, 0.15) is 12.8 Å². The molecule has 0 aromatic heterocycles. The smallest absolute Gasteiger partial charge is 0.351 e. The Morgan fingerprint density at radius 3 is 2.50 bits per heavy atom. The van der Waals surface area contributed by atoms with Gasteiger partial charge in [-0.2, -0.15) is 13.2 Å². The van der Waals surface area contributed by atoms with Gasteiger partial charge < -0.3 is 4.74 Å². The summed E-state index contributed by atoms with van der Waals surface area (Å²) in [7, 11) is 0. The van der Waals surface area contributed by atoms with Crippen LogP contribution in [0.25, 0.3) is 0 Å². The SMILES string of the molecule is CSNC1(C(F)(F)F)CCCO1. The van der Waals surface area contributed by atoms with Crippen LogP contribution in [-0.4, -0.2) is 24.8 Å². The van der Waals surface area contributed by atoms with Crippen molar-refractivity contribution in [2.75, 3.05) is 12.9 Å². The first-order valence-electron chi connectivity index (χ1n) is 3.53. The van der Waals surface area contributed by atoms with Crippen molar-refractivity contribution in [2.45, 2.75) is 24.7 Å². The summed E-state index contributed by atoms with van der Waals surface area (Å²) in [5.41, 5.74) is -2.10. The summed E-state index contributed by atoms with van der Waals surface area (Å²) >= 11 is 0.930. The maximum absolute atomic E-state index is 12.4. The minimum Gasteiger partial charge on any atom is -0.351 e. The Balaban J connectivity index is 2.72. The zero-order valence-electron chi connectivity index (χ0n) is 6.57. The standard InChI is InChI=1S/C6H10F3NOS/c1-12-10-5(6(7,8)9)3-2-4-11-5/h10H,2-4H2,1H3. The van der Waals surface area contributed by atoms with Crippen molar-refractivity contribution in [2.24, 2.45) is 0 Å². The molecule has 6 heteroatoms. The second-order valence-electron chi connectivity index (χ2n) is 2.58. The Morgan fingerprint density at radius 2 is 2.17 bits per heavy atom. The molecular weight excluding hydrogens is 191 g/mol. The number of alkyl halides is 3. The Morgan fingerprint density at radius 1 is 1.50 bits per heavy atom. The lowest BCUT2D eigenvalue weighted by Gasteiger charge is -2.30. The first-order chi connectivity index (χ1) is 5.52. The zero-order valence-corrected chi connectivity index (χ0v) is 7.39. The first kappa shape index (κ1) is 10.1. The summed E-state index contributed by atoms with van der Waals surface area (Å²) < 4.78 is 44.2. The average Bonchev–Trinajstić information content (AvgIpc) is 2.36. The van der Waals surface area contributed by atoms with Crippen molar-refractivity contribution in [3.05, 3.63) is 0 Å². The topological polar surface area (TPSA) is 21.3 Å². The van der Waals surface area contributed by atoms with Gasteiger partial charge in [-0.1, -0.05) is 11.9 Å². The minimum atomic E-state index is -4.33. The van der Waals surface area contributed by atoms with Gasteiger partial charge in [-0.25, -0.2) is 4.72 Å². The molecule has 0 bridgehead atoms. The third-order valence-corrected chi connectivity index (χ3v) is 2.28. The van der Waals surface area contributed by atoms with Crippen LogP contribution in [0.5, 0.6) is 0 Å².